The summed E-state index contributed by atoms with van der Waals surface area (Å²) in [4.78, 5) is 2.51. The van der Waals surface area contributed by atoms with E-state index in [4.69, 9.17) is 9.47 Å². The molecule has 1 spiro atoms. The number of hydrogen-bond donors (Lipinski definition) is 0. The fourth-order valence-electron chi connectivity index (χ4n) is 5.52. The number of rotatable bonds is 6. The number of benzene rings is 3. The lowest BCUT2D eigenvalue weighted by molar-refractivity contribution is -0.136. The summed E-state index contributed by atoms with van der Waals surface area (Å²) in [5.74, 6) is 0.572. The molecule has 0 bridgehead atoms. The Balaban J connectivity index is 1.18. The van der Waals surface area contributed by atoms with E-state index in [1.165, 1.54) is 24.3 Å². The molecule has 3 aromatic rings. The van der Waals surface area contributed by atoms with Gasteiger partial charge in [0.15, 0.2) is 0 Å². The lowest BCUT2D eigenvalue weighted by atomic mass is 9.85. The molecule has 5 rings (SSSR count). The number of hydrogen-bond acceptors (Lipinski definition) is 3. The molecule has 0 amide bonds. The standard InChI is InChI=1S/C30H33F2NO2/c1-22-30(34-21-25-5-2-3-7-29(25)35-22)16-19-33(20-17-30)18-4-6-28(23-8-12-26(31)13-9-23)24-10-14-27(32)15-11-24/h2-3,5,7-15,22,28H,4,6,16-21H2,1H3. The Labute approximate surface area is 206 Å². The highest BCUT2D eigenvalue weighted by Gasteiger charge is 2.43. The van der Waals surface area contributed by atoms with Gasteiger partial charge in [0.2, 0.25) is 0 Å². The predicted octanol–water partition coefficient (Wildman–Crippen LogP) is 6.71. The van der Waals surface area contributed by atoms with Crippen LogP contribution in [0.3, 0.4) is 0 Å². The molecule has 35 heavy (non-hydrogen) atoms. The first kappa shape index (κ1) is 24.0. The van der Waals surface area contributed by atoms with Crippen LogP contribution in [0.4, 0.5) is 8.78 Å². The first-order chi connectivity index (χ1) is 17.0. The van der Waals surface area contributed by atoms with Gasteiger partial charge in [0.1, 0.15) is 29.1 Å². The molecule has 184 valence electrons. The van der Waals surface area contributed by atoms with Crippen molar-refractivity contribution in [3.8, 4) is 5.75 Å². The van der Waals surface area contributed by atoms with Crippen molar-refractivity contribution in [3.63, 3.8) is 0 Å². The predicted molar refractivity (Wildman–Crippen MR) is 134 cm³/mol. The Hall–Kier alpha value is -2.76. The zero-order valence-corrected chi connectivity index (χ0v) is 20.3. The summed E-state index contributed by atoms with van der Waals surface area (Å²) in [6.07, 6.45) is 3.83. The minimum atomic E-state index is -0.250. The maximum Gasteiger partial charge on any atom is 0.125 e. The first-order valence-electron chi connectivity index (χ1n) is 12.6. The van der Waals surface area contributed by atoms with Crippen LogP contribution in [0.25, 0.3) is 0 Å². The number of piperidine rings is 1. The number of likely N-dealkylation sites (tertiary alicyclic amines) is 1. The van der Waals surface area contributed by atoms with Crippen LogP contribution < -0.4 is 4.74 Å². The summed E-state index contributed by atoms with van der Waals surface area (Å²) in [5, 5.41) is 0. The topological polar surface area (TPSA) is 21.7 Å². The summed E-state index contributed by atoms with van der Waals surface area (Å²) < 4.78 is 39.8. The van der Waals surface area contributed by atoms with E-state index < -0.39 is 0 Å². The van der Waals surface area contributed by atoms with Crippen LogP contribution in [0.15, 0.2) is 72.8 Å². The third-order valence-electron chi connectivity index (χ3n) is 7.75. The van der Waals surface area contributed by atoms with Gasteiger partial charge in [-0.25, -0.2) is 8.78 Å². The SMILES string of the molecule is CC1Oc2ccccc2COC12CCN(CCCC(c1ccc(F)cc1)c1ccc(F)cc1)CC2. The van der Waals surface area contributed by atoms with E-state index in [2.05, 4.69) is 17.9 Å². The highest BCUT2D eigenvalue weighted by molar-refractivity contribution is 5.34. The van der Waals surface area contributed by atoms with Crippen molar-refractivity contribution < 1.29 is 18.3 Å². The normalized spacial score (nSPS) is 19.8. The molecule has 2 aliphatic rings. The third kappa shape index (κ3) is 5.41. The van der Waals surface area contributed by atoms with Crippen molar-refractivity contribution >= 4 is 0 Å². The van der Waals surface area contributed by atoms with Crippen LogP contribution in [0.5, 0.6) is 5.75 Å². The van der Waals surface area contributed by atoms with Gasteiger partial charge in [0, 0.05) is 24.6 Å². The van der Waals surface area contributed by atoms with Crippen LogP contribution in [-0.2, 0) is 11.3 Å². The summed E-state index contributed by atoms with van der Waals surface area (Å²) in [5.41, 5.74) is 2.99. The highest BCUT2D eigenvalue weighted by Crippen LogP contribution is 2.38. The smallest absolute Gasteiger partial charge is 0.125 e. The summed E-state index contributed by atoms with van der Waals surface area (Å²) in [6.45, 7) is 5.67. The largest absolute Gasteiger partial charge is 0.487 e. The second kappa shape index (κ2) is 10.5. The van der Waals surface area contributed by atoms with Gasteiger partial charge in [-0.3, -0.25) is 0 Å². The van der Waals surface area contributed by atoms with E-state index in [0.717, 1.165) is 67.8 Å². The average Bonchev–Trinajstić information content (AvgIpc) is 3.01. The average molecular weight is 478 g/mol. The summed E-state index contributed by atoms with van der Waals surface area (Å²) in [7, 11) is 0. The Morgan fingerprint density at radius 2 is 1.49 bits per heavy atom. The Kier molecular flexibility index (Phi) is 7.17. The van der Waals surface area contributed by atoms with Gasteiger partial charge >= 0.3 is 0 Å². The van der Waals surface area contributed by atoms with Crippen LogP contribution in [0.2, 0.25) is 0 Å². The van der Waals surface area contributed by atoms with Crippen molar-refractivity contribution in [1.82, 2.24) is 4.90 Å². The molecule has 0 radical (unpaired) electrons. The molecule has 0 aliphatic carbocycles. The Morgan fingerprint density at radius 3 is 2.11 bits per heavy atom. The molecule has 0 aromatic heterocycles. The third-order valence-corrected chi connectivity index (χ3v) is 7.75. The zero-order chi connectivity index (χ0) is 24.3. The van der Waals surface area contributed by atoms with Gasteiger partial charge in [-0.1, -0.05) is 42.5 Å². The number of halogens is 2. The lowest BCUT2D eigenvalue weighted by Gasteiger charge is -2.43. The molecule has 1 atom stereocenters. The monoisotopic (exact) mass is 477 g/mol. The minimum Gasteiger partial charge on any atom is -0.487 e. The van der Waals surface area contributed by atoms with Gasteiger partial charge < -0.3 is 14.4 Å². The number of para-hydroxylation sites is 1. The van der Waals surface area contributed by atoms with Crippen LogP contribution >= 0.6 is 0 Å². The molecule has 2 heterocycles. The van der Waals surface area contributed by atoms with Gasteiger partial charge in [0.25, 0.3) is 0 Å². The molecule has 0 saturated carbocycles. The van der Waals surface area contributed by atoms with E-state index in [9.17, 15) is 8.78 Å². The molecular formula is C30H33F2NO2. The second-order valence-corrected chi connectivity index (χ2v) is 9.86. The van der Waals surface area contributed by atoms with Crippen LogP contribution in [-0.4, -0.2) is 36.2 Å². The van der Waals surface area contributed by atoms with Crippen molar-refractivity contribution in [1.29, 1.82) is 0 Å². The fraction of sp³-hybridized carbons (Fsp3) is 0.400. The summed E-state index contributed by atoms with van der Waals surface area (Å²) >= 11 is 0. The van der Waals surface area contributed by atoms with Gasteiger partial charge in [-0.2, -0.15) is 0 Å². The molecule has 3 nitrogen and oxygen atoms in total. The Morgan fingerprint density at radius 1 is 0.886 bits per heavy atom. The van der Waals surface area contributed by atoms with Crippen molar-refractivity contribution in [3.05, 3.63) is 101 Å². The van der Waals surface area contributed by atoms with E-state index in [1.54, 1.807) is 0 Å². The molecule has 3 aromatic carbocycles. The fourth-order valence-corrected chi connectivity index (χ4v) is 5.52. The van der Waals surface area contributed by atoms with E-state index >= 15 is 0 Å². The van der Waals surface area contributed by atoms with Crippen molar-refractivity contribution in [2.24, 2.45) is 0 Å². The number of nitrogens with zero attached hydrogens (tertiary/aromatic N) is 1. The van der Waals surface area contributed by atoms with Gasteiger partial charge in [-0.05, 0) is 80.6 Å². The maximum absolute atomic E-state index is 13.5. The maximum atomic E-state index is 13.5. The molecule has 1 saturated heterocycles. The quantitative estimate of drug-likeness (QED) is 0.394. The number of fused-ring (bicyclic) bond motifs is 1. The van der Waals surface area contributed by atoms with E-state index in [1.807, 2.05) is 42.5 Å². The van der Waals surface area contributed by atoms with E-state index in [-0.39, 0.29) is 29.3 Å². The number of ether oxygens (including phenoxy) is 2. The van der Waals surface area contributed by atoms with Gasteiger partial charge in [-0.15, -0.1) is 0 Å². The highest BCUT2D eigenvalue weighted by atomic mass is 19.1. The van der Waals surface area contributed by atoms with Crippen LogP contribution in [0, 0.1) is 11.6 Å². The van der Waals surface area contributed by atoms with E-state index in [0.29, 0.717) is 6.61 Å². The first-order valence-corrected chi connectivity index (χ1v) is 12.6. The minimum absolute atomic E-state index is 0.00892. The second-order valence-electron chi connectivity index (χ2n) is 9.86. The molecule has 0 N–H and O–H groups in total. The van der Waals surface area contributed by atoms with Gasteiger partial charge in [0.05, 0.1) is 6.61 Å². The summed E-state index contributed by atoms with van der Waals surface area (Å²) in [6, 6.07) is 21.5. The Bertz CT molecular complexity index is 1060. The van der Waals surface area contributed by atoms with Crippen molar-refractivity contribution in [2.45, 2.75) is 56.8 Å². The van der Waals surface area contributed by atoms with Crippen molar-refractivity contribution in [2.75, 3.05) is 19.6 Å². The molecule has 1 fully saturated rings. The lowest BCUT2D eigenvalue weighted by Crippen LogP contribution is -2.53. The van der Waals surface area contributed by atoms with Crippen LogP contribution in [0.1, 0.15) is 55.2 Å². The zero-order valence-electron chi connectivity index (χ0n) is 20.3. The molecule has 2 aliphatic heterocycles. The molecular weight excluding hydrogens is 444 g/mol. The molecule has 1 unspecified atom stereocenters. The molecule has 5 heteroatoms.